The van der Waals surface area contributed by atoms with Gasteiger partial charge in [-0.1, -0.05) is 13.8 Å². The van der Waals surface area contributed by atoms with Gasteiger partial charge in [-0.3, -0.25) is 14.5 Å². The number of carbonyl (C=O) groups excluding carboxylic acids is 3. The van der Waals surface area contributed by atoms with E-state index in [0.717, 1.165) is 38.4 Å². The van der Waals surface area contributed by atoms with E-state index in [4.69, 9.17) is 14.2 Å². The normalized spacial score (nSPS) is 13.4. The molecule has 0 radical (unpaired) electrons. The van der Waals surface area contributed by atoms with Crippen LogP contribution in [0.1, 0.15) is 64.4 Å². The number of hydrogen-bond acceptors (Lipinski definition) is 6. The number of carbonyl (C=O) groups is 3. The Balaban J connectivity index is 0.00000233. The molecule has 1 aliphatic rings. The lowest BCUT2D eigenvalue weighted by molar-refractivity contribution is -0.143. The molecule has 7 heteroatoms. The summed E-state index contributed by atoms with van der Waals surface area (Å²) in [5.74, 6) is 1.05. The van der Waals surface area contributed by atoms with Gasteiger partial charge in [-0.25, -0.2) is 0 Å². The summed E-state index contributed by atoms with van der Waals surface area (Å²) in [6.07, 6.45) is 9.18. The average molecular weight is 434 g/mol. The van der Waals surface area contributed by atoms with Crippen molar-refractivity contribution in [2.75, 3.05) is 27.4 Å². The fourth-order valence-corrected chi connectivity index (χ4v) is 3.12. The molecule has 0 aromatic heterocycles. The van der Waals surface area contributed by atoms with Crippen molar-refractivity contribution in [2.45, 2.75) is 58.8 Å². The van der Waals surface area contributed by atoms with Gasteiger partial charge in [-0.05, 0) is 55.9 Å². The maximum atomic E-state index is 12.3. The van der Waals surface area contributed by atoms with E-state index in [-0.39, 0.29) is 11.8 Å². The van der Waals surface area contributed by atoms with E-state index in [2.05, 4.69) is 0 Å². The summed E-state index contributed by atoms with van der Waals surface area (Å²) in [5.41, 5.74) is 0.704. The lowest BCUT2D eigenvalue weighted by Crippen LogP contribution is -2.39. The standard InChI is InChI=1S/C22H29NO6.C2H6/c1-27-18-15-17(10-11-21(26)23-12-6-5-9-20(23)25)16-19(28-2)22(18)29-14-8-4-3-7-13-24;1-2/h10-11,13,15-16H,3-9,12,14H2,1-2H3;1-2H3/b11-10+;. The Kier molecular flexibility index (Phi) is 12.7. The highest BCUT2D eigenvalue weighted by Gasteiger charge is 2.22. The van der Waals surface area contributed by atoms with Crippen LogP contribution in [-0.4, -0.2) is 50.4 Å². The van der Waals surface area contributed by atoms with Crippen molar-refractivity contribution in [2.24, 2.45) is 0 Å². The topological polar surface area (TPSA) is 82.1 Å². The van der Waals surface area contributed by atoms with Gasteiger partial charge in [0.1, 0.15) is 6.29 Å². The number of unbranched alkanes of at least 4 members (excludes halogenated alkanes) is 3. The molecular formula is C24H35NO6. The van der Waals surface area contributed by atoms with Gasteiger partial charge in [0, 0.05) is 25.5 Å². The van der Waals surface area contributed by atoms with Crippen LogP contribution in [0.4, 0.5) is 0 Å². The average Bonchev–Trinajstić information content (AvgIpc) is 2.81. The van der Waals surface area contributed by atoms with Crippen LogP contribution >= 0.6 is 0 Å². The molecule has 31 heavy (non-hydrogen) atoms. The lowest BCUT2D eigenvalue weighted by Gasteiger charge is -2.23. The third-order valence-corrected chi connectivity index (χ3v) is 4.70. The molecule has 0 N–H and O–H groups in total. The minimum Gasteiger partial charge on any atom is -0.493 e. The SMILES string of the molecule is CC.COc1cc(/C=C/C(=O)N2CCCCC2=O)cc(OC)c1OCCCCCC=O. The van der Waals surface area contributed by atoms with E-state index in [0.29, 0.717) is 48.8 Å². The smallest absolute Gasteiger partial charge is 0.253 e. The number of hydrogen-bond donors (Lipinski definition) is 0. The van der Waals surface area contributed by atoms with Crippen LogP contribution < -0.4 is 14.2 Å². The molecule has 1 aromatic rings. The number of piperidine rings is 1. The monoisotopic (exact) mass is 433 g/mol. The quantitative estimate of drug-likeness (QED) is 0.292. The molecule has 0 bridgehead atoms. The number of methoxy groups -OCH3 is 2. The second kappa shape index (κ2) is 15.0. The molecule has 1 heterocycles. The second-order valence-corrected chi connectivity index (χ2v) is 6.79. The number of imide groups is 1. The fraction of sp³-hybridized carbons (Fsp3) is 0.542. The summed E-state index contributed by atoms with van der Waals surface area (Å²) in [4.78, 5) is 35.8. The van der Waals surface area contributed by atoms with Crippen LogP contribution in [0.15, 0.2) is 18.2 Å². The molecule has 0 unspecified atom stereocenters. The minimum atomic E-state index is -0.316. The molecule has 0 atom stereocenters. The number of benzene rings is 1. The van der Waals surface area contributed by atoms with Gasteiger partial charge in [-0.15, -0.1) is 0 Å². The van der Waals surface area contributed by atoms with Crippen LogP contribution in [0.5, 0.6) is 17.2 Å². The number of rotatable bonds is 11. The molecule has 7 nitrogen and oxygen atoms in total. The molecule has 172 valence electrons. The van der Waals surface area contributed by atoms with Gasteiger partial charge in [-0.2, -0.15) is 0 Å². The van der Waals surface area contributed by atoms with Crippen molar-refractivity contribution in [1.82, 2.24) is 4.90 Å². The third kappa shape index (κ3) is 8.44. The van der Waals surface area contributed by atoms with E-state index in [9.17, 15) is 14.4 Å². The van der Waals surface area contributed by atoms with Crippen molar-refractivity contribution >= 4 is 24.2 Å². The first-order chi connectivity index (χ1) is 15.1. The van der Waals surface area contributed by atoms with Crippen LogP contribution in [0.3, 0.4) is 0 Å². The van der Waals surface area contributed by atoms with Gasteiger partial charge in [0.2, 0.25) is 11.7 Å². The Morgan fingerprint density at radius 1 is 1.06 bits per heavy atom. The van der Waals surface area contributed by atoms with E-state index in [1.807, 2.05) is 13.8 Å². The zero-order valence-corrected chi connectivity index (χ0v) is 19.1. The Morgan fingerprint density at radius 2 is 1.74 bits per heavy atom. The summed E-state index contributed by atoms with van der Waals surface area (Å²) in [6, 6.07) is 3.51. The molecule has 1 fully saturated rings. The molecule has 0 spiro atoms. The molecule has 0 aliphatic carbocycles. The van der Waals surface area contributed by atoms with Crippen LogP contribution in [0.2, 0.25) is 0 Å². The van der Waals surface area contributed by atoms with E-state index < -0.39 is 0 Å². The van der Waals surface area contributed by atoms with Crippen molar-refractivity contribution in [3.8, 4) is 17.2 Å². The predicted octanol–water partition coefficient (Wildman–Crippen LogP) is 4.42. The van der Waals surface area contributed by atoms with Gasteiger partial charge in [0.15, 0.2) is 11.5 Å². The Hall–Kier alpha value is -2.83. The van der Waals surface area contributed by atoms with Gasteiger partial charge >= 0.3 is 0 Å². The zero-order valence-electron chi connectivity index (χ0n) is 19.1. The highest BCUT2D eigenvalue weighted by atomic mass is 16.5. The highest BCUT2D eigenvalue weighted by Crippen LogP contribution is 2.39. The molecule has 1 aliphatic heterocycles. The summed E-state index contributed by atoms with van der Waals surface area (Å²) >= 11 is 0. The van der Waals surface area contributed by atoms with Crippen LogP contribution in [0, 0.1) is 0 Å². The first kappa shape index (κ1) is 26.2. The summed E-state index contributed by atoms with van der Waals surface area (Å²) in [5, 5.41) is 0. The number of ether oxygens (including phenoxy) is 3. The molecule has 1 aromatic carbocycles. The Morgan fingerprint density at radius 3 is 2.32 bits per heavy atom. The summed E-state index contributed by atoms with van der Waals surface area (Å²) in [6.45, 7) is 4.95. The fourth-order valence-electron chi connectivity index (χ4n) is 3.12. The maximum Gasteiger partial charge on any atom is 0.253 e. The number of aldehydes is 1. The van der Waals surface area contributed by atoms with Crippen molar-refractivity contribution < 1.29 is 28.6 Å². The first-order valence-electron chi connectivity index (χ1n) is 11.0. The Labute approximate surface area is 185 Å². The van der Waals surface area contributed by atoms with Gasteiger partial charge in [0.05, 0.1) is 20.8 Å². The number of nitrogens with zero attached hydrogens (tertiary/aromatic N) is 1. The largest absolute Gasteiger partial charge is 0.493 e. The van der Waals surface area contributed by atoms with E-state index >= 15 is 0 Å². The van der Waals surface area contributed by atoms with E-state index in [1.165, 1.54) is 25.2 Å². The van der Waals surface area contributed by atoms with Crippen molar-refractivity contribution in [3.63, 3.8) is 0 Å². The molecule has 2 amide bonds. The van der Waals surface area contributed by atoms with Crippen molar-refractivity contribution in [3.05, 3.63) is 23.8 Å². The zero-order chi connectivity index (χ0) is 23.1. The number of likely N-dealkylation sites (tertiary alicyclic amines) is 1. The lowest BCUT2D eigenvalue weighted by atomic mass is 10.1. The van der Waals surface area contributed by atoms with Gasteiger partial charge < -0.3 is 19.0 Å². The summed E-state index contributed by atoms with van der Waals surface area (Å²) < 4.78 is 16.7. The van der Waals surface area contributed by atoms with Crippen molar-refractivity contribution in [1.29, 1.82) is 0 Å². The predicted molar refractivity (Wildman–Crippen MR) is 121 cm³/mol. The third-order valence-electron chi connectivity index (χ3n) is 4.70. The number of amides is 2. The molecule has 0 saturated carbocycles. The molecular weight excluding hydrogens is 398 g/mol. The molecule has 2 rings (SSSR count). The van der Waals surface area contributed by atoms with Crippen LogP contribution in [0.25, 0.3) is 6.08 Å². The molecule has 1 saturated heterocycles. The first-order valence-corrected chi connectivity index (χ1v) is 11.0. The maximum absolute atomic E-state index is 12.3. The summed E-state index contributed by atoms with van der Waals surface area (Å²) in [7, 11) is 3.08. The van der Waals surface area contributed by atoms with Gasteiger partial charge in [0.25, 0.3) is 5.91 Å². The van der Waals surface area contributed by atoms with E-state index in [1.54, 1.807) is 18.2 Å². The minimum absolute atomic E-state index is 0.127. The Bertz CT molecular complexity index is 719. The second-order valence-electron chi connectivity index (χ2n) is 6.79. The highest BCUT2D eigenvalue weighted by molar-refractivity contribution is 6.03. The van der Waals surface area contributed by atoms with Crippen LogP contribution in [-0.2, 0) is 14.4 Å².